The Morgan fingerprint density at radius 2 is 1.13 bits per heavy atom. The molecule has 1 aromatic heterocycles. The molecule has 2 aliphatic carbocycles. The van der Waals surface area contributed by atoms with Crippen LogP contribution < -0.4 is 10.6 Å². The van der Waals surface area contributed by atoms with E-state index in [9.17, 15) is 0 Å². The zero-order chi connectivity index (χ0) is 26.2. The molecule has 1 nitrogen and oxygen atoms in total. The van der Waals surface area contributed by atoms with Gasteiger partial charge in [-0.1, -0.05) is 96.1 Å². The van der Waals surface area contributed by atoms with Gasteiger partial charge in [-0.2, -0.15) is 0 Å². The predicted octanol–water partition coefficient (Wildman–Crippen LogP) is 7.72. The topological polar surface area (TPSA) is 12.9 Å². The Hall–Kier alpha value is -2.24. The third-order valence-electron chi connectivity index (χ3n) is 6.53. The monoisotopic (exact) mass is 565 g/mol. The van der Waals surface area contributed by atoms with Crippen LogP contribution in [-0.2, 0) is 17.1 Å². The Morgan fingerprint density at radius 1 is 0.590 bits per heavy atom. The summed E-state index contributed by atoms with van der Waals surface area (Å²) in [6.07, 6.45) is 18.6. The number of rotatable bonds is 6. The zero-order valence-corrected chi connectivity index (χ0v) is 24.3. The average molecular weight is 565 g/mol. The Bertz CT molecular complexity index is 1190. The summed E-state index contributed by atoms with van der Waals surface area (Å²) in [5.74, 6) is 2.57. The van der Waals surface area contributed by atoms with Gasteiger partial charge in [-0.05, 0) is 101 Å². The van der Waals surface area contributed by atoms with Gasteiger partial charge in [-0.25, -0.2) is 0 Å². The van der Waals surface area contributed by atoms with Crippen molar-refractivity contribution >= 4 is 18.5 Å². The third-order valence-corrected chi connectivity index (χ3v) is 9.33. The Morgan fingerprint density at radius 3 is 1.64 bits per heavy atom. The van der Waals surface area contributed by atoms with Crippen LogP contribution in [0.3, 0.4) is 0 Å². The summed E-state index contributed by atoms with van der Waals surface area (Å²) in [4.78, 5) is 4.71. The van der Waals surface area contributed by atoms with Gasteiger partial charge in [0.25, 0.3) is 0 Å². The van der Waals surface area contributed by atoms with E-state index in [1.165, 1.54) is 39.1 Å². The molecule has 192 valence electrons. The first-order chi connectivity index (χ1) is 18.7. The van der Waals surface area contributed by atoms with Crippen LogP contribution in [0, 0.1) is 77.0 Å². The summed E-state index contributed by atoms with van der Waals surface area (Å²) in [6.45, 7) is 4.40. The normalized spacial score (nSPS) is 16.4. The molecular weight excluding hydrogens is 533 g/mol. The minimum atomic E-state index is -0.700. The van der Waals surface area contributed by atoms with Crippen LogP contribution in [0.25, 0.3) is 0 Å². The van der Waals surface area contributed by atoms with Gasteiger partial charge in [-0.3, -0.25) is 4.98 Å². The number of benzene rings is 3. The van der Waals surface area contributed by atoms with Crippen molar-refractivity contribution in [3.05, 3.63) is 189 Å². The van der Waals surface area contributed by atoms with Gasteiger partial charge in [-0.15, -0.1) is 0 Å². The molecule has 2 fully saturated rings. The Balaban J connectivity index is 0.000000530. The molecule has 10 radical (unpaired) electrons. The molecule has 0 N–H and O–H groups in total. The van der Waals surface area contributed by atoms with Crippen molar-refractivity contribution in [2.24, 2.45) is 0 Å². The smallest absolute Gasteiger partial charge is 0.261 e. The van der Waals surface area contributed by atoms with Gasteiger partial charge in [0, 0.05) is 29.4 Å². The fourth-order valence-electron chi connectivity index (χ4n) is 5.01. The van der Waals surface area contributed by atoms with Crippen molar-refractivity contribution < 1.29 is 17.1 Å². The molecule has 0 amide bonds. The molecule has 3 aromatic carbocycles. The second kappa shape index (κ2) is 14.9. The van der Waals surface area contributed by atoms with E-state index in [0.29, 0.717) is 0 Å². The van der Waals surface area contributed by atoms with E-state index in [-0.39, 0.29) is 22.7 Å². The van der Waals surface area contributed by atoms with Gasteiger partial charge >= 0.3 is 17.1 Å². The quantitative estimate of drug-likeness (QED) is 0.172. The number of hydrogen-bond acceptors (Lipinski definition) is 1. The van der Waals surface area contributed by atoms with Crippen molar-refractivity contribution in [2.45, 2.75) is 19.5 Å². The van der Waals surface area contributed by atoms with Gasteiger partial charge < -0.3 is 0 Å². The van der Waals surface area contributed by atoms with Crippen LogP contribution in [-0.4, -0.2) is 4.98 Å². The molecule has 3 heteroatoms. The SMILES string of the molecule is Cc1cc(C)cc([C@H]([C]2[CH][CH][CH][C]2c2ccccn2)P(c2ccccc2)c2ccccc2)c1.[CH]1[CH][CH][CH][CH]1.[Fe+2]. The second-order valence-corrected chi connectivity index (χ2v) is 11.7. The largest absolute Gasteiger partial charge is 2.00 e. The van der Waals surface area contributed by atoms with Crippen LogP contribution in [0.15, 0.2) is 103 Å². The van der Waals surface area contributed by atoms with E-state index < -0.39 is 7.92 Å². The van der Waals surface area contributed by atoms with Crippen molar-refractivity contribution in [3.8, 4) is 0 Å². The standard InChI is InChI=1S/C31H27NP.C5H5.Fe/c1-23-20-24(2)22-25(21-23)31(29-17-11-16-28(29)30-18-9-10-19-32-30)33(26-12-5-3-6-13-26)27-14-7-4-8-15-27;1-2-4-5-3-1;/h3-22,31H,1-2H3;1-5H;/q;;+2/t31-;;/m1../s1. The minimum Gasteiger partial charge on any atom is -0.261 e. The molecule has 0 bridgehead atoms. The Labute approximate surface area is 248 Å². The number of aryl methyl sites for hydroxylation is 2. The molecule has 0 spiro atoms. The molecule has 0 aliphatic heterocycles. The predicted molar refractivity (Wildman–Crippen MR) is 162 cm³/mol. The van der Waals surface area contributed by atoms with E-state index in [1.807, 2.05) is 44.4 Å². The molecule has 39 heavy (non-hydrogen) atoms. The van der Waals surface area contributed by atoms with Crippen LogP contribution >= 0.6 is 7.92 Å². The first-order valence-electron chi connectivity index (χ1n) is 13.0. The fourth-order valence-corrected chi connectivity index (χ4v) is 7.84. The van der Waals surface area contributed by atoms with Crippen LogP contribution in [0.2, 0.25) is 0 Å². The molecule has 4 aromatic rings. The number of hydrogen-bond donors (Lipinski definition) is 0. The summed E-state index contributed by atoms with van der Waals surface area (Å²) in [6, 6.07) is 35.2. The van der Waals surface area contributed by atoms with Gasteiger partial charge in [0.15, 0.2) is 0 Å². The van der Waals surface area contributed by atoms with E-state index in [2.05, 4.69) is 124 Å². The molecule has 6 rings (SSSR count). The minimum absolute atomic E-state index is 0. The molecule has 2 saturated carbocycles. The van der Waals surface area contributed by atoms with Crippen LogP contribution in [0.4, 0.5) is 0 Å². The summed E-state index contributed by atoms with van der Waals surface area (Å²) < 4.78 is 0. The van der Waals surface area contributed by atoms with Gasteiger partial charge in [0.1, 0.15) is 0 Å². The zero-order valence-electron chi connectivity index (χ0n) is 22.3. The van der Waals surface area contributed by atoms with Gasteiger partial charge in [0.2, 0.25) is 0 Å². The van der Waals surface area contributed by atoms with Crippen molar-refractivity contribution in [1.82, 2.24) is 4.98 Å². The molecular formula is C36H32FeNP+2. The van der Waals surface area contributed by atoms with E-state index in [0.717, 1.165) is 5.69 Å². The number of pyridine rings is 1. The van der Waals surface area contributed by atoms with E-state index in [4.69, 9.17) is 4.98 Å². The average Bonchev–Trinajstić information content (AvgIpc) is 3.69. The molecule has 1 atom stereocenters. The van der Waals surface area contributed by atoms with E-state index in [1.54, 1.807) is 0 Å². The summed E-state index contributed by atoms with van der Waals surface area (Å²) in [5, 5.41) is 2.77. The fraction of sp³-hybridized carbons (Fsp3) is 0.0833. The van der Waals surface area contributed by atoms with Crippen molar-refractivity contribution in [2.75, 3.05) is 0 Å². The second-order valence-electron chi connectivity index (χ2n) is 9.44. The summed E-state index contributed by atoms with van der Waals surface area (Å²) >= 11 is 0. The van der Waals surface area contributed by atoms with Crippen molar-refractivity contribution in [1.29, 1.82) is 0 Å². The van der Waals surface area contributed by atoms with E-state index >= 15 is 0 Å². The number of nitrogens with zero attached hydrogens (tertiary/aromatic N) is 1. The molecule has 2 aliphatic rings. The maximum absolute atomic E-state index is 4.71. The summed E-state index contributed by atoms with van der Waals surface area (Å²) in [7, 11) is -0.700. The summed E-state index contributed by atoms with van der Waals surface area (Å²) in [5.41, 5.74) is 5.22. The Kier molecular flexibility index (Phi) is 11.4. The molecule has 1 heterocycles. The number of aromatic nitrogens is 1. The molecule has 0 unspecified atom stereocenters. The first kappa shape index (κ1) is 29.7. The van der Waals surface area contributed by atoms with Crippen LogP contribution in [0.5, 0.6) is 0 Å². The maximum Gasteiger partial charge on any atom is 2.00 e. The van der Waals surface area contributed by atoms with Gasteiger partial charge in [0.05, 0.1) is 0 Å². The third kappa shape index (κ3) is 7.70. The van der Waals surface area contributed by atoms with Crippen LogP contribution in [0.1, 0.15) is 28.0 Å². The molecule has 0 saturated heterocycles. The van der Waals surface area contributed by atoms with Crippen molar-refractivity contribution in [3.63, 3.8) is 0 Å². The first-order valence-corrected chi connectivity index (χ1v) is 14.4. The maximum atomic E-state index is 4.71.